The molecule has 0 N–H and O–H groups in total. The second-order valence-electron chi connectivity index (χ2n) is 6.56. The van der Waals surface area contributed by atoms with E-state index in [2.05, 4.69) is 34.1 Å². The van der Waals surface area contributed by atoms with E-state index in [1.807, 2.05) is 36.4 Å². The van der Waals surface area contributed by atoms with E-state index < -0.39 is 0 Å². The smallest absolute Gasteiger partial charge is 0.200 e. The highest BCUT2D eigenvalue weighted by Crippen LogP contribution is 2.25. The molecule has 3 heteroatoms. The molecular formula is C22H19BrO2. The van der Waals surface area contributed by atoms with Crippen molar-refractivity contribution in [1.29, 1.82) is 0 Å². The average molecular weight is 395 g/mol. The van der Waals surface area contributed by atoms with Gasteiger partial charge in [-0.2, -0.15) is 0 Å². The molecule has 4 rings (SSSR count). The Morgan fingerprint density at radius 2 is 1.64 bits per heavy atom. The van der Waals surface area contributed by atoms with Crippen LogP contribution in [0, 0.1) is 0 Å². The topological polar surface area (TPSA) is 26.3 Å². The van der Waals surface area contributed by atoms with Crippen molar-refractivity contribution in [3.05, 3.63) is 75.8 Å². The van der Waals surface area contributed by atoms with E-state index in [1.165, 1.54) is 24.0 Å². The van der Waals surface area contributed by atoms with Crippen LogP contribution in [0.4, 0.5) is 0 Å². The molecule has 3 aromatic carbocycles. The normalized spacial score (nSPS) is 13.5. The van der Waals surface area contributed by atoms with Crippen LogP contribution in [0.2, 0.25) is 0 Å². The van der Waals surface area contributed by atoms with E-state index in [0.29, 0.717) is 0 Å². The van der Waals surface area contributed by atoms with Gasteiger partial charge >= 0.3 is 0 Å². The van der Waals surface area contributed by atoms with Gasteiger partial charge in [0.15, 0.2) is 12.4 Å². The summed E-state index contributed by atoms with van der Waals surface area (Å²) in [6, 6.07) is 18.1. The Bertz CT molecular complexity index is 946. The molecule has 0 unspecified atom stereocenters. The SMILES string of the molecule is O=C(COc1ccc2cc(Br)ccc2c1)c1ccc2c(c1)CCCC2. The van der Waals surface area contributed by atoms with Crippen molar-refractivity contribution in [2.75, 3.05) is 6.61 Å². The Morgan fingerprint density at radius 3 is 2.52 bits per heavy atom. The molecule has 0 aromatic heterocycles. The Labute approximate surface area is 155 Å². The van der Waals surface area contributed by atoms with Gasteiger partial charge in [-0.25, -0.2) is 0 Å². The molecule has 0 fully saturated rings. The van der Waals surface area contributed by atoms with Crippen molar-refractivity contribution < 1.29 is 9.53 Å². The van der Waals surface area contributed by atoms with Gasteiger partial charge in [0.2, 0.25) is 0 Å². The first kappa shape index (κ1) is 16.3. The molecular weight excluding hydrogens is 376 g/mol. The molecule has 0 atom stereocenters. The molecule has 0 radical (unpaired) electrons. The summed E-state index contributed by atoms with van der Waals surface area (Å²) in [4.78, 5) is 12.5. The van der Waals surface area contributed by atoms with Crippen LogP contribution in [0.15, 0.2) is 59.1 Å². The third-order valence-electron chi connectivity index (χ3n) is 4.81. The largest absolute Gasteiger partial charge is 0.485 e. The predicted molar refractivity (Wildman–Crippen MR) is 105 cm³/mol. The number of hydrogen-bond acceptors (Lipinski definition) is 2. The first-order valence-corrected chi connectivity index (χ1v) is 9.45. The van der Waals surface area contributed by atoms with Crippen molar-refractivity contribution in [3.8, 4) is 5.75 Å². The number of rotatable bonds is 4. The number of ketones is 1. The van der Waals surface area contributed by atoms with Gasteiger partial charge < -0.3 is 4.74 Å². The lowest BCUT2D eigenvalue weighted by atomic mass is 9.90. The molecule has 0 saturated heterocycles. The number of carbonyl (C=O) groups excluding carboxylic acids is 1. The van der Waals surface area contributed by atoms with Crippen LogP contribution in [0.25, 0.3) is 10.8 Å². The van der Waals surface area contributed by atoms with E-state index in [1.54, 1.807) is 0 Å². The Balaban J connectivity index is 1.47. The van der Waals surface area contributed by atoms with Crippen molar-refractivity contribution in [2.24, 2.45) is 0 Å². The zero-order valence-corrected chi connectivity index (χ0v) is 15.5. The van der Waals surface area contributed by atoms with Crippen LogP contribution in [-0.2, 0) is 12.8 Å². The fourth-order valence-electron chi connectivity index (χ4n) is 3.42. The predicted octanol–water partition coefficient (Wildman–Crippen LogP) is 5.74. The molecule has 0 amide bonds. The highest BCUT2D eigenvalue weighted by atomic mass is 79.9. The van der Waals surface area contributed by atoms with Crippen LogP contribution in [0.5, 0.6) is 5.75 Å². The minimum Gasteiger partial charge on any atom is -0.485 e. The zero-order valence-electron chi connectivity index (χ0n) is 13.9. The third-order valence-corrected chi connectivity index (χ3v) is 5.31. The van der Waals surface area contributed by atoms with Crippen molar-refractivity contribution >= 4 is 32.5 Å². The van der Waals surface area contributed by atoms with Crippen LogP contribution < -0.4 is 4.74 Å². The molecule has 0 bridgehead atoms. The van der Waals surface area contributed by atoms with Gasteiger partial charge in [0.05, 0.1) is 0 Å². The summed E-state index contributed by atoms with van der Waals surface area (Å²) in [6.07, 6.45) is 4.68. The summed E-state index contributed by atoms with van der Waals surface area (Å²) in [5.74, 6) is 0.755. The molecule has 0 heterocycles. The molecule has 2 nitrogen and oxygen atoms in total. The second-order valence-corrected chi connectivity index (χ2v) is 7.47. The lowest BCUT2D eigenvalue weighted by Crippen LogP contribution is -2.13. The molecule has 1 aliphatic carbocycles. The maximum atomic E-state index is 12.5. The first-order valence-electron chi connectivity index (χ1n) is 8.66. The lowest BCUT2D eigenvalue weighted by molar-refractivity contribution is 0.0921. The van der Waals surface area contributed by atoms with Crippen LogP contribution >= 0.6 is 15.9 Å². The minimum absolute atomic E-state index is 0.0317. The Morgan fingerprint density at radius 1 is 0.880 bits per heavy atom. The van der Waals surface area contributed by atoms with Gasteiger partial charge in [0.1, 0.15) is 5.75 Å². The van der Waals surface area contributed by atoms with Gasteiger partial charge in [0.25, 0.3) is 0 Å². The van der Waals surface area contributed by atoms with E-state index in [-0.39, 0.29) is 12.4 Å². The van der Waals surface area contributed by atoms with Crippen molar-refractivity contribution in [1.82, 2.24) is 0 Å². The van der Waals surface area contributed by atoms with Gasteiger partial charge in [-0.05, 0) is 77.9 Å². The van der Waals surface area contributed by atoms with E-state index in [4.69, 9.17) is 4.74 Å². The van der Waals surface area contributed by atoms with Crippen LogP contribution in [0.3, 0.4) is 0 Å². The number of fused-ring (bicyclic) bond motifs is 2. The van der Waals surface area contributed by atoms with E-state index in [0.717, 1.165) is 39.4 Å². The summed E-state index contributed by atoms with van der Waals surface area (Å²) in [5, 5.41) is 2.24. The fourth-order valence-corrected chi connectivity index (χ4v) is 3.80. The molecule has 0 saturated carbocycles. The number of halogens is 1. The number of hydrogen-bond donors (Lipinski definition) is 0. The van der Waals surface area contributed by atoms with E-state index in [9.17, 15) is 4.79 Å². The Hall–Kier alpha value is -2.13. The summed E-state index contributed by atoms with van der Waals surface area (Å²) in [5.41, 5.74) is 3.48. The van der Waals surface area contributed by atoms with E-state index >= 15 is 0 Å². The summed E-state index contributed by atoms with van der Waals surface area (Å²) in [6.45, 7) is 0.0703. The van der Waals surface area contributed by atoms with Gasteiger partial charge in [-0.3, -0.25) is 4.79 Å². The number of Topliss-reactive ketones (excluding diaryl/α,β-unsaturated/α-hetero) is 1. The molecule has 1 aliphatic rings. The molecule has 0 spiro atoms. The van der Waals surface area contributed by atoms with Crippen LogP contribution in [-0.4, -0.2) is 12.4 Å². The fraction of sp³-hybridized carbons (Fsp3) is 0.227. The number of ether oxygens (including phenoxy) is 1. The average Bonchev–Trinajstić information content (AvgIpc) is 2.65. The van der Waals surface area contributed by atoms with Gasteiger partial charge in [-0.15, -0.1) is 0 Å². The Kier molecular flexibility index (Phi) is 4.58. The monoisotopic (exact) mass is 394 g/mol. The molecule has 3 aromatic rings. The second kappa shape index (κ2) is 7.01. The highest BCUT2D eigenvalue weighted by Gasteiger charge is 2.13. The number of carbonyl (C=O) groups is 1. The van der Waals surface area contributed by atoms with Crippen molar-refractivity contribution in [3.63, 3.8) is 0 Å². The summed E-state index contributed by atoms with van der Waals surface area (Å²) in [7, 11) is 0. The van der Waals surface area contributed by atoms with Gasteiger partial charge in [-0.1, -0.05) is 40.2 Å². The summed E-state index contributed by atoms with van der Waals surface area (Å²) >= 11 is 3.48. The third kappa shape index (κ3) is 3.62. The van der Waals surface area contributed by atoms with Gasteiger partial charge in [0, 0.05) is 10.0 Å². The maximum absolute atomic E-state index is 12.5. The zero-order chi connectivity index (χ0) is 17.2. The first-order chi connectivity index (χ1) is 12.2. The number of aryl methyl sites for hydroxylation is 2. The molecule has 0 aliphatic heterocycles. The summed E-state index contributed by atoms with van der Waals surface area (Å²) < 4.78 is 6.80. The standard InChI is InChI=1S/C22H19BrO2/c23-20-9-7-18-13-21(10-8-17(18)12-20)25-14-22(24)19-6-5-15-3-1-2-4-16(15)11-19/h5-13H,1-4,14H2. The quantitative estimate of drug-likeness (QED) is 0.527. The highest BCUT2D eigenvalue weighted by molar-refractivity contribution is 9.10. The van der Waals surface area contributed by atoms with Crippen molar-refractivity contribution in [2.45, 2.75) is 25.7 Å². The molecule has 25 heavy (non-hydrogen) atoms. The lowest BCUT2D eigenvalue weighted by Gasteiger charge is -2.16. The molecule has 126 valence electrons. The minimum atomic E-state index is 0.0317. The van der Waals surface area contributed by atoms with Crippen LogP contribution in [0.1, 0.15) is 34.3 Å². The number of benzene rings is 3. The maximum Gasteiger partial charge on any atom is 0.200 e.